The lowest BCUT2D eigenvalue weighted by atomic mass is 10.0. The highest BCUT2D eigenvalue weighted by Gasteiger charge is 2.30. The molecule has 0 heterocycles. The summed E-state index contributed by atoms with van der Waals surface area (Å²) in [5.41, 5.74) is 0.819. The Kier molecular flexibility index (Phi) is 6.85. The molecule has 146 valence electrons. The van der Waals surface area contributed by atoms with Gasteiger partial charge in [0.15, 0.2) is 6.10 Å². The summed E-state index contributed by atoms with van der Waals surface area (Å²) in [6, 6.07) is 11.6. The van der Waals surface area contributed by atoms with Crippen LogP contribution in [-0.4, -0.2) is 23.3 Å². The average Bonchev–Trinajstić information content (AvgIpc) is 2.59. The van der Waals surface area contributed by atoms with Crippen LogP contribution in [0.1, 0.15) is 30.5 Å². The van der Waals surface area contributed by atoms with Crippen molar-refractivity contribution in [2.45, 2.75) is 45.3 Å². The van der Waals surface area contributed by atoms with E-state index >= 15 is 0 Å². The topological polar surface area (TPSA) is 55.8 Å². The van der Waals surface area contributed by atoms with Crippen LogP contribution < -0.4 is 4.74 Å². The molecule has 1 N–H and O–H groups in total. The predicted molar refractivity (Wildman–Crippen MR) is 93.6 cm³/mol. The van der Waals surface area contributed by atoms with Crippen LogP contribution in [-0.2, 0) is 28.7 Å². The number of hydrogen-bond donors (Lipinski definition) is 1. The van der Waals surface area contributed by atoms with Gasteiger partial charge >= 0.3 is 12.1 Å². The van der Waals surface area contributed by atoms with Gasteiger partial charge in [0, 0.05) is 6.42 Å². The van der Waals surface area contributed by atoms with Crippen molar-refractivity contribution in [1.82, 2.24) is 0 Å². The first-order chi connectivity index (χ1) is 12.6. The molecule has 0 bridgehead atoms. The van der Waals surface area contributed by atoms with Crippen LogP contribution in [0.25, 0.3) is 0 Å². The van der Waals surface area contributed by atoms with Crippen LogP contribution in [0.4, 0.5) is 13.2 Å². The monoisotopic (exact) mass is 382 g/mol. The minimum Gasteiger partial charge on any atom is -0.489 e. The maximum absolute atomic E-state index is 12.6. The van der Waals surface area contributed by atoms with Crippen molar-refractivity contribution in [3.63, 3.8) is 0 Å². The van der Waals surface area contributed by atoms with Gasteiger partial charge in [0.1, 0.15) is 12.4 Å². The van der Waals surface area contributed by atoms with Gasteiger partial charge in [-0.15, -0.1) is 0 Å². The third-order valence-corrected chi connectivity index (χ3v) is 3.71. The number of rotatable bonds is 8. The Bertz CT molecular complexity index is 755. The van der Waals surface area contributed by atoms with Crippen LogP contribution in [0, 0.1) is 0 Å². The summed E-state index contributed by atoms with van der Waals surface area (Å²) in [7, 11) is 0. The van der Waals surface area contributed by atoms with E-state index in [1.54, 1.807) is 38.1 Å². The molecule has 0 aromatic heterocycles. The molecule has 0 aliphatic rings. The highest BCUT2D eigenvalue weighted by atomic mass is 19.4. The van der Waals surface area contributed by atoms with E-state index in [1.807, 2.05) is 0 Å². The first-order valence-corrected chi connectivity index (χ1v) is 8.41. The lowest BCUT2D eigenvalue weighted by Gasteiger charge is -2.17. The highest BCUT2D eigenvalue weighted by molar-refractivity contribution is 5.72. The molecular weight excluding hydrogens is 361 g/mol. The Morgan fingerprint density at radius 1 is 1.07 bits per heavy atom. The Morgan fingerprint density at radius 2 is 1.70 bits per heavy atom. The Morgan fingerprint density at radius 3 is 2.26 bits per heavy atom. The smallest absolute Gasteiger partial charge is 0.416 e. The molecule has 0 amide bonds. The lowest BCUT2D eigenvalue weighted by Crippen LogP contribution is -2.29. The molecule has 0 fully saturated rings. The number of carboxylic acids is 1. The number of carbonyl (C=O) groups is 1. The van der Waals surface area contributed by atoms with Gasteiger partial charge in [-0.2, -0.15) is 13.2 Å². The number of halogens is 3. The van der Waals surface area contributed by atoms with Crippen LogP contribution in [0.2, 0.25) is 0 Å². The van der Waals surface area contributed by atoms with Gasteiger partial charge in [-0.1, -0.05) is 24.3 Å². The fourth-order valence-electron chi connectivity index (χ4n) is 2.49. The molecule has 0 spiro atoms. The summed E-state index contributed by atoms with van der Waals surface area (Å²) in [6.07, 6.45) is -5.33. The summed E-state index contributed by atoms with van der Waals surface area (Å²) in [6.45, 7) is 3.69. The van der Waals surface area contributed by atoms with Gasteiger partial charge in [-0.3, -0.25) is 0 Å². The zero-order chi connectivity index (χ0) is 20.0. The average molecular weight is 382 g/mol. The molecule has 0 saturated heterocycles. The molecule has 0 radical (unpaired) electrons. The second-order valence-electron chi connectivity index (χ2n) is 6.35. The molecule has 27 heavy (non-hydrogen) atoms. The molecular formula is C20H21F3O4. The first-order valence-electron chi connectivity index (χ1n) is 8.41. The minimum atomic E-state index is -4.38. The number of hydrogen-bond acceptors (Lipinski definition) is 3. The van der Waals surface area contributed by atoms with E-state index in [0.717, 1.165) is 23.3 Å². The van der Waals surface area contributed by atoms with Crippen LogP contribution >= 0.6 is 0 Å². The van der Waals surface area contributed by atoms with Crippen molar-refractivity contribution in [2.75, 3.05) is 0 Å². The molecule has 0 aliphatic carbocycles. The summed E-state index contributed by atoms with van der Waals surface area (Å²) < 4.78 is 48.6. The second-order valence-corrected chi connectivity index (χ2v) is 6.35. The quantitative estimate of drug-likeness (QED) is 0.719. The van der Waals surface area contributed by atoms with E-state index in [1.165, 1.54) is 12.1 Å². The van der Waals surface area contributed by atoms with Gasteiger partial charge in [0.05, 0.1) is 11.7 Å². The van der Waals surface area contributed by atoms with Gasteiger partial charge < -0.3 is 14.6 Å². The highest BCUT2D eigenvalue weighted by Crippen LogP contribution is 2.30. The van der Waals surface area contributed by atoms with E-state index in [-0.39, 0.29) is 19.1 Å². The van der Waals surface area contributed by atoms with E-state index in [2.05, 4.69) is 0 Å². The maximum atomic E-state index is 12.6. The summed E-state index contributed by atoms with van der Waals surface area (Å²) >= 11 is 0. The van der Waals surface area contributed by atoms with Crippen molar-refractivity contribution in [3.8, 4) is 5.75 Å². The van der Waals surface area contributed by atoms with Gasteiger partial charge in [0.25, 0.3) is 0 Å². The number of aliphatic carboxylic acids is 1. The minimum absolute atomic E-state index is 0.155. The zero-order valence-corrected chi connectivity index (χ0v) is 15.0. The van der Waals surface area contributed by atoms with Crippen LogP contribution in [0.3, 0.4) is 0 Å². The Balaban J connectivity index is 2.00. The molecule has 1 atom stereocenters. The van der Waals surface area contributed by atoms with Crippen molar-refractivity contribution in [1.29, 1.82) is 0 Å². The Hall–Kier alpha value is -2.54. The molecule has 1 unspecified atom stereocenters. The first kappa shape index (κ1) is 20.8. The van der Waals surface area contributed by atoms with Crippen molar-refractivity contribution in [3.05, 3.63) is 65.2 Å². The molecule has 2 rings (SSSR count). The largest absolute Gasteiger partial charge is 0.489 e. The Labute approximate surface area is 155 Å². The fourth-order valence-corrected chi connectivity index (χ4v) is 2.49. The summed E-state index contributed by atoms with van der Waals surface area (Å²) in [4.78, 5) is 11.3. The number of ether oxygens (including phenoxy) is 2. The second kappa shape index (κ2) is 8.90. The maximum Gasteiger partial charge on any atom is 0.416 e. The van der Waals surface area contributed by atoms with Crippen LogP contribution in [0.15, 0.2) is 48.5 Å². The van der Waals surface area contributed by atoms with Crippen molar-refractivity contribution < 1.29 is 32.5 Å². The summed E-state index contributed by atoms with van der Waals surface area (Å²) in [5.74, 6) is -0.713. The molecule has 0 aliphatic heterocycles. The third-order valence-electron chi connectivity index (χ3n) is 3.71. The molecule has 2 aromatic rings. The lowest BCUT2D eigenvalue weighted by molar-refractivity contribution is -0.153. The van der Waals surface area contributed by atoms with E-state index in [9.17, 15) is 23.1 Å². The number of carboxylic acid groups (broad SMARTS) is 1. The predicted octanol–water partition coefficient (Wildman–Crippen LogP) is 4.71. The van der Waals surface area contributed by atoms with E-state index in [4.69, 9.17) is 9.47 Å². The number of benzene rings is 2. The van der Waals surface area contributed by atoms with Gasteiger partial charge in [0.2, 0.25) is 0 Å². The summed E-state index contributed by atoms with van der Waals surface area (Å²) in [5, 5.41) is 9.25. The van der Waals surface area contributed by atoms with E-state index in [0.29, 0.717) is 5.75 Å². The molecule has 4 nitrogen and oxygen atoms in total. The molecule has 2 aromatic carbocycles. The van der Waals surface area contributed by atoms with Crippen molar-refractivity contribution >= 4 is 5.97 Å². The normalized spacial score (nSPS) is 12.8. The molecule has 7 heteroatoms. The van der Waals surface area contributed by atoms with Gasteiger partial charge in [-0.05, 0) is 49.2 Å². The van der Waals surface area contributed by atoms with Crippen molar-refractivity contribution in [2.24, 2.45) is 0 Å². The fraction of sp³-hybridized carbons (Fsp3) is 0.350. The standard InChI is InChI=1S/C20H21F3O4/c1-13(2)27-18(19(24)25)11-14-4-3-5-15(10-14)12-26-17-8-6-16(7-9-17)20(21,22)23/h3-10,13,18H,11-12H2,1-2H3,(H,24,25). The number of alkyl halides is 3. The third kappa shape index (κ3) is 6.60. The van der Waals surface area contributed by atoms with E-state index < -0.39 is 23.8 Å². The molecule has 0 saturated carbocycles. The van der Waals surface area contributed by atoms with Crippen LogP contribution in [0.5, 0.6) is 5.75 Å². The zero-order valence-electron chi connectivity index (χ0n) is 15.0. The van der Waals surface area contributed by atoms with Gasteiger partial charge in [-0.25, -0.2) is 4.79 Å². The SMILES string of the molecule is CC(C)OC(Cc1cccc(COc2ccc(C(F)(F)F)cc2)c1)C(=O)O.